The molecule has 9 nitrogen and oxygen atoms in total. The van der Waals surface area contributed by atoms with Crippen LogP contribution in [0.1, 0.15) is 69.3 Å². The number of carbonyl (C=O) groups excluding carboxylic acids is 2. The van der Waals surface area contributed by atoms with Crippen LogP contribution in [0.5, 0.6) is 5.88 Å². The van der Waals surface area contributed by atoms with E-state index in [2.05, 4.69) is 24.3 Å². The molecule has 178 valence electrons. The van der Waals surface area contributed by atoms with Crippen molar-refractivity contribution in [3.05, 3.63) is 33.8 Å². The molecule has 9 heteroatoms. The number of likely N-dealkylation sites (tertiary alicyclic amines) is 1. The Hall–Kier alpha value is -3.10. The van der Waals surface area contributed by atoms with E-state index in [1.165, 1.54) is 16.8 Å². The molecule has 0 bridgehead atoms. The van der Waals surface area contributed by atoms with E-state index in [0.29, 0.717) is 23.7 Å². The molecule has 2 fully saturated rings. The maximum absolute atomic E-state index is 13.1. The number of fused-ring (bicyclic) bond motifs is 1. The molecule has 0 aromatic carbocycles. The van der Waals surface area contributed by atoms with Gasteiger partial charge in [0.2, 0.25) is 11.8 Å². The van der Waals surface area contributed by atoms with E-state index < -0.39 is 11.5 Å². The second kappa shape index (κ2) is 9.03. The summed E-state index contributed by atoms with van der Waals surface area (Å²) in [5.74, 6) is -0.523. The minimum absolute atomic E-state index is 0.0490. The predicted molar refractivity (Wildman–Crippen MR) is 125 cm³/mol. The first-order valence-corrected chi connectivity index (χ1v) is 11.8. The lowest BCUT2D eigenvalue weighted by molar-refractivity contribution is -0.127. The fourth-order valence-electron chi connectivity index (χ4n) is 4.57. The molecular weight excluding hydrogens is 422 g/mol. The number of aromatic nitrogens is 3. The van der Waals surface area contributed by atoms with E-state index in [-0.39, 0.29) is 35.4 Å². The Kier molecular flexibility index (Phi) is 6.32. The van der Waals surface area contributed by atoms with Crippen molar-refractivity contribution in [2.75, 3.05) is 6.54 Å². The molecule has 0 unspecified atom stereocenters. The van der Waals surface area contributed by atoms with E-state index in [9.17, 15) is 19.5 Å². The van der Waals surface area contributed by atoms with E-state index in [1.54, 1.807) is 6.08 Å². The van der Waals surface area contributed by atoms with Crippen LogP contribution in [0.15, 0.2) is 17.1 Å². The molecule has 1 aliphatic heterocycles. The normalized spacial score (nSPS) is 18.8. The van der Waals surface area contributed by atoms with Crippen LogP contribution in [-0.2, 0) is 11.3 Å². The Morgan fingerprint density at radius 1 is 1.24 bits per heavy atom. The fourth-order valence-corrected chi connectivity index (χ4v) is 4.57. The highest BCUT2D eigenvalue weighted by Crippen LogP contribution is 2.26. The minimum atomic E-state index is -0.675. The van der Waals surface area contributed by atoms with Gasteiger partial charge >= 0.3 is 0 Å². The SMILES string of the molecule is CC(C)Cn1c(O)c(C(=O)NC2CC2)c(=O)n2ncc(/C=C/C(=O)N3CCC[C@@H]3C(C)C)c12. The lowest BCUT2D eigenvalue weighted by atomic mass is 10.0. The third kappa shape index (κ3) is 4.54. The van der Waals surface area contributed by atoms with Crippen molar-refractivity contribution >= 4 is 23.5 Å². The van der Waals surface area contributed by atoms with Gasteiger partial charge in [0.05, 0.1) is 6.20 Å². The molecular formula is C24H33N5O4. The number of hydrogen-bond acceptors (Lipinski definition) is 5. The quantitative estimate of drug-likeness (QED) is 0.623. The van der Waals surface area contributed by atoms with Crippen molar-refractivity contribution < 1.29 is 14.7 Å². The van der Waals surface area contributed by atoms with Gasteiger partial charge in [-0.05, 0) is 43.6 Å². The molecule has 3 heterocycles. The molecule has 2 aromatic heterocycles. The standard InChI is InChI=1S/C24H33N5O4/c1-14(2)13-28-22-16(7-10-19(30)27-11-5-6-18(27)15(3)4)12-25-29(22)24(33)20(23(28)32)21(31)26-17-8-9-17/h7,10,12,14-15,17-18,32H,5-6,8-9,11,13H2,1-4H3,(H,26,31)/b10-7+/t18-/m1/s1. The first kappa shape index (κ1) is 23.1. The van der Waals surface area contributed by atoms with Crippen molar-refractivity contribution in [3.8, 4) is 5.88 Å². The Morgan fingerprint density at radius 2 is 1.97 bits per heavy atom. The molecule has 2 N–H and O–H groups in total. The third-order valence-corrected chi connectivity index (χ3v) is 6.36. The van der Waals surface area contributed by atoms with E-state index >= 15 is 0 Å². The van der Waals surface area contributed by atoms with Gasteiger partial charge in [0.25, 0.3) is 11.5 Å². The zero-order valence-corrected chi connectivity index (χ0v) is 19.7. The van der Waals surface area contributed by atoms with Crippen LogP contribution in [0.25, 0.3) is 11.7 Å². The summed E-state index contributed by atoms with van der Waals surface area (Å²) in [6, 6.07) is 0.273. The van der Waals surface area contributed by atoms with Crippen molar-refractivity contribution in [3.63, 3.8) is 0 Å². The van der Waals surface area contributed by atoms with Gasteiger partial charge in [-0.15, -0.1) is 0 Å². The van der Waals surface area contributed by atoms with Crippen LogP contribution in [-0.4, -0.2) is 54.6 Å². The Labute approximate surface area is 193 Å². The Bertz CT molecular complexity index is 1160. The number of aromatic hydroxyl groups is 1. The number of nitrogens with zero attached hydrogens (tertiary/aromatic N) is 4. The van der Waals surface area contributed by atoms with Crippen LogP contribution in [0.3, 0.4) is 0 Å². The minimum Gasteiger partial charge on any atom is -0.494 e. The van der Waals surface area contributed by atoms with Gasteiger partial charge in [0.15, 0.2) is 5.56 Å². The van der Waals surface area contributed by atoms with E-state index in [0.717, 1.165) is 36.7 Å². The van der Waals surface area contributed by atoms with Crippen LogP contribution < -0.4 is 10.9 Å². The number of nitrogens with one attached hydrogen (secondary N) is 1. The maximum Gasteiger partial charge on any atom is 0.291 e. The fraction of sp³-hybridized carbons (Fsp3) is 0.583. The molecule has 1 atom stereocenters. The van der Waals surface area contributed by atoms with Gasteiger partial charge in [-0.3, -0.25) is 19.0 Å². The van der Waals surface area contributed by atoms with Crippen molar-refractivity contribution in [1.82, 2.24) is 24.4 Å². The Morgan fingerprint density at radius 3 is 2.61 bits per heavy atom. The van der Waals surface area contributed by atoms with Crippen LogP contribution in [0.4, 0.5) is 0 Å². The molecule has 2 aromatic rings. The van der Waals surface area contributed by atoms with Gasteiger partial charge in [-0.2, -0.15) is 9.61 Å². The molecule has 1 saturated heterocycles. The summed E-state index contributed by atoms with van der Waals surface area (Å²) in [5.41, 5.74) is -0.0847. The highest BCUT2D eigenvalue weighted by Gasteiger charge is 2.31. The number of carbonyl (C=O) groups is 2. The smallest absolute Gasteiger partial charge is 0.291 e. The summed E-state index contributed by atoms with van der Waals surface area (Å²) >= 11 is 0. The molecule has 1 aliphatic carbocycles. The maximum atomic E-state index is 13.1. The lowest BCUT2D eigenvalue weighted by Crippen LogP contribution is -2.37. The Balaban J connectivity index is 1.74. The average Bonchev–Trinajstić information content (AvgIpc) is 3.25. The molecule has 2 amide bonds. The average molecular weight is 456 g/mol. The van der Waals surface area contributed by atoms with Crippen molar-refractivity contribution in [2.45, 2.75) is 72.0 Å². The zero-order valence-electron chi connectivity index (χ0n) is 19.7. The summed E-state index contributed by atoms with van der Waals surface area (Å²) in [6.45, 7) is 9.31. The van der Waals surface area contributed by atoms with Gasteiger partial charge in [-0.25, -0.2) is 0 Å². The summed E-state index contributed by atoms with van der Waals surface area (Å²) in [5, 5.41) is 17.9. The highest BCUT2D eigenvalue weighted by atomic mass is 16.3. The van der Waals surface area contributed by atoms with Gasteiger partial charge in [0, 0.05) is 36.8 Å². The predicted octanol–water partition coefficient (Wildman–Crippen LogP) is 2.41. The third-order valence-electron chi connectivity index (χ3n) is 6.36. The van der Waals surface area contributed by atoms with E-state index in [4.69, 9.17) is 0 Å². The first-order valence-electron chi connectivity index (χ1n) is 11.8. The van der Waals surface area contributed by atoms with Gasteiger partial charge in [-0.1, -0.05) is 27.7 Å². The molecule has 2 aliphatic rings. The highest BCUT2D eigenvalue weighted by molar-refractivity contribution is 5.97. The summed E-state index contributed by atoms with van der Waals surface area (Å²) in [4.78, 5) is 40.5. The van der Waals surface area contributed by atoms with Crippen molar-refractivity contribution in [1.29, 1.82) is 0 Å². The number of rotatable bonds is 7. The summed E-state index contributed by atoms with van der Waals surface area (Å²) in [7, 11) is 0. The molecule has 0 spiro atoms. The number of amides is 2. The monoisotopic (exact) mass is 455 g/mol. The topological polar surface area (TPSA) is 109 Å². The van der Waals surface area contributed by atoms with Crippen molar-refractivity contribution in [2.24, 2.45) is 11.8 Å². The summed E-state index contributed by atoms with van der Waals surface area (Å²) < 4.78 is 2.68. The van der Waals surface area contributed by atoms with Gasteiger partial charge in [0.1, 0.15) is 5.65 Å². The molecule has 33 heavy (non-hydrogen) atoms. The number of hydrogen-bond donors (Lipinski definition) is 2. The summed E-state index contributed by atoms with van der Waals surface area (Å²) in [6.07, 6.45) is 8.37. The van der Waals surface area contributed by atoms with Crippen LogP contribution >= 0.6 is 0 Å². The first-order chi connectivity index (χ1) is 15.7. The van der Waals surface area contributed by atoms with Gasteiger partial charge < -0.3 is 15.3 Å². The van der Waals surface area contributed by atoms with Crippen LogP contribution in [0, 0.1) is 11.8 Å². The second-order valence-electron chi connectivity index (χ2n) is 9.91. The lowest BCUT2D eigenvalue weighted by Gasteiger charge is -2.26. The zero-order chi connectivity index (χ0) is 23.9. The van der Waals surface area contributed by atoms with E-state index in [1.807, 2.05) is 18.7 Å². The molecule has 0 radical (unpaired) electrons. The second-order valence-corrected chi connectivity index (χ2v) is 9.91. The van der Waals surface area contributed by atoms with Crippen LogP contribution in [0.2, 0.25) is 0 Å². The molecule has 1 saturated carbocycles. The molecule has 4 rings (SSSR count). The largest absolute Gasteiger partial charge is 0.494 e.